The summed E-state index contributed by atoms with van der Waals surface area (Å²) < 4.78 is 11.2. The van der Waals surface area contributed by atoms with Crippen LogP contribution in [0.5, 0.6) is 0 Å². The molecule has 0 radical (unpaired) electrons. The molecule has 17 heavy (non-hydrogen) atoms. The Labute approximate surface area is 114 Å². The second-order valence-corrected chi connectivity index (χ2v) is 6.85. The average Bonchev–Trinajstić information content (AvgIpc) is 2.27. The van der Waals surface area contributed by atoms with Crippen LogP contribution in [0.2, 0.25) is 10.0 Å². The first-order valence-electron chi connectivity index (χ1n) is 5.67. The van der Waals surface area contributed by atoms with Crippen LogP contribution >= 0.6 is 23.2 Å². The minimum absolute atomic E-state index is 0.463. The molecule has 1 N–H and O–H groups in total. The van der Waals surface area contributed by atoms with Crippen LogP contribution in [0.25, 0.3) is 0 Å². The first kappa shape index (κ1) is 13.3. The van der Waals surface area contributed by atoms with Crippen molar-refractivity contribution in [1.29, 1.82) is 0 Å². The second kappa shape index (κ2) is 6.19. The summed E-state index contributed by atoms with van der Waals surface area (Å²) in [5.41, 5.74) is 1.09. The van der Waals surface area contributed by atoms with Crippen molar-refractivity contribution in [1.82, 2.24) is 5.32 Å². The second-order valence-electron chi connectivity index (χ2n) is 4.28. The molecule has 0 aliphatic carbocycles. The van der Waals surface area contributed by atoms with E-state index in [1.165, 1.54) is 0 Å². The molecule has 1 aliphatic heterocycles. The number of halogens is 2. The molecule has 0 atom stereocenters. The van der Waals surface area contributed by atoms with Crippen molar-refractivity contribution in [3.63, 3.8) is 0 Å². The Kier molecular flexibility index (Phi) is 4.86. The van der Waals surface area contributed by atoms with Gasteiger partial charge in [-0.1, -0.05) is 23.2 Å². The van der Waals surface area contributed by atoms with Crippen molar-refractivity contribution in [3.8, 4) is 0 Å². The molecule has 5 heteroatoms. The minimum Gasteiger partial charge on any atom is -0.310 e. The number of rotatable bonds is 3. The molecule has 0 bridgehead atoms. The molecule has 0 saturated carbocycles. The standard InChI is InChI=1S/C12H15Cl2NOS/c13-10-5-9(6-11(14)7-10)8-15-12-1-3-17(16)4-2-12/h5-7,12,15H,1-4,8H2. The monoisotopic (exact) mass is 291 g/mol. The Morgan fingerprint density at radius 2 is 1.76 bits per heavy atom. The fourth-order valence-corrected chi connectivity index (χ4v) is 3.84. The number of hydrogen-bond acceptors (Lipinski definition) is 2. The van der Waals surface area contributed by atoms with Gasteiger partial charge in [-0.25, -0.2) is 0 Å². The lowest BCUT2D eigenvalue weighted by Crippen LogP contribution is -2.35. The fourth-order valence-electron chi connectivity index (χ4n) is 1.97. The maximum absolute atomic E-state index is 11.2. The fraction of sp³-hybridized carbons (Fsp3) is 0.500. The van der Waals surface area contributed by atoms with Gasteiger partial charge in [0.15, 0.2) is 0 Å². The van der Waals surface area contributed by atoms with E-state index in [-0.39, 0.29) is 0 Å². The third-order valence-electron chi connectivity index (χ3n) is 2.91. The lowest BCUT2D eigenvalue weighted by atomic mass is 10.1. The quantitative estimate of drug-likeness (QED) is 0.928. The summed E-state index contributed by atoms with van der Waals surface area (Å²) in [4.78, 5) is 0. The summed E-state index contributed by atoms with van der Waals surface area (Å²) in [6.07, 6.45) is 1.97. The van der Waals surface area contributed by atoms with Gasteiger partial charge in [-0.05, 0) is 36.6 Å². The Hall–Kier alpha value is -0.0900. The zero-order valence-corrected chi connectivity index (χ0v) is 11.7. The topological polar surface area (TPSA) is 29.1 Å². The van der Waals surface area contributed by atoms with E-state index in [4.69, 9.17) is 23.2 Å². The number of hydrogen-bond donors (Lipinski definition) is 1. The van der Waals surface area contributed by atoms with Crippen LogP contribution in [-0.4, -0.2) is 21.8 Å². The van der Waals surface area contributed by atoms with Gasteiger partial charge in [-0.3, -0.25) is 4.21 Å². The predicted octanol–water partition coefficient (Wildman–Crippen LogP) is 2.99. The largest absolute Gasteiger partial charge is 0.310 e. The average molecular weight is 292 g/mol. The Morgan fingerprint density at radius 1 is 1.18 bits per heavy atom. The van der Waals surface area contributed by atoms with Gasteiger partial charge in [0.05, 0.1) is 0 Å². The van der Waals surface area contributed by atoms with E-state index in [0.29, 0.717) is 16.1 Å². The lowest BCUT2D eigenvalue weighted by Gasteiger charge is -2.22. The molecule has 1 heterocycles. The molecule has 1 fully saturated rings. The van der Waals surface area contributed by atoms with Crippen molar-refractivity contribution in [2.45, 2.75) is 25.4 Å². The Bertz CT molecular complexity index is 395. The molecular weight excluding hydrogens is 277 g/mol. The highest BCUT2D eigenvalue weighted by molar-refractivity contribution is 7.85. The van der Waals surface area contributed by atoms with Crippen molar-refractivity contribution in [2.75, 3.05) is 11.5 Å². The van der Waals surface area contributed by atoms with Gasteiger partial charge < -0.3 is 5.32 Å². The molecule has 0 amide bonds. The van der Waals surface area contributed by atoms with Crippen LogP contribution in [0, 0.1) is 0 Å². The smallest absolute Gasteiger partial charge is 0.0424 e. The summed E-state index contributed by atoms with van der Waals surface area (Å²) in [5.74, 6) is 1.63. The summed E-state index contributed by atoms with van der Waals surface area (Å²) in [6.45, 7) is 0.761. The maximum Gasteiger partial charge on any atom is 0.0424 e. The van der Waals surface area contributed by atoms with Crippen molar-refractivity contribution < 1.29 is 4.21 Å². The lowest BCUT2D eigenvalue weighted by molar-refractivity contribution is 0.475. The molecule has 2 rings (SSSR count). The molecule has 1 aromatic rings. The first-order chi connectivity index (χ1) is 8.13. The van der Waals surface area contributed by atoms with Gasteiger partial charge in [0, 0.05) is 44.9 Å². The van der Waals surface area contributed by atoms with Gasteiger partial charge >= 0.3 is 0 Å². The molecule has 1 aliphatic rings. The van der Waals surface area contributed by atoms with Crippen molar-refractivity contribution in [3.05, 3.63) is 33.8 Å². The van der Waals surface area contributed by atoms with E-state index in [9.17, 15) is 4.21 Å². The first-order valence-corrected chi connectivity index (χ1v) is 7.91. The van der Waals surface area contributed by atoms with E-state index in [1.807, 2.05) is 12.1 Å². The van der Waals surface area contributed by atoms with Crippen LogP contribution in [0.1, 0.15) is 18.4 Å². The van der Waals surface area contributed by atoms with Crippen molar-refractivity contribution >= 4 is 34.0 Å². The Morgan fingerprint density at radius 3 is 2.35 bits per heavy atom. The highest BCUT2D eigenvalue weighted by atomic mass is 35.5. The molecule has 94 valence electrons. The van der Waals surface area contributed by atoms with E-state index in [0.717, 1.165) is 36.5 Å². The van der Waals surface area contributed by atoms with Crippen LogP contribution in [0.4, 0.5) is 0 Å². The number of nitrogens with one attached hydrogen (secondary N) is 1. The predicted molar refractivity (Wildman–Crippen MR) is 74.2 cm³/mol. The van der Waals surface area contributed by atoms with E-state index in [1.54, 1.807) is 6.07 Å². The molecular formula is C12H15Cl2NOS. The summed E-state index contributed by atoms with van der Waals surface area (Å²) in [5, 5.41) is 4.79. The summed E-state index contributed by atoms with van der Waals surface area (Å²) in [7, 11) is -0.599. The van der Waals surface area contributed by atoms with Crippen molar-refractivity contribution in [2.24, 2.45) is 0 Å². The molecule has 0 unspecified atom stereocenters. The maximum atomic E-state index is 11.2. The third-order valence-corrected chi connectivity index (χ3v) is 4.72. The SMILES string of the molecule is O=S1CCC(NCc2cc(Cl)cc(Cl)c2)CC1. The van der Waals surface area contributed by atoms with Crippen LogP contribution in [0.3, 0.4) is 0 Å². The third kappa shape index (κ3) is 4.25. The normalized spacial score (nSPS) is 24.8. The summed E-state index contributed by atoms with van der Waals surface area (Å²) in [6, 6.07) is 6.03. The summed E-state index contributed by atoms with van der Waals surface area (Å²) >= 11 is 11.9. The van der Waals surface area contributed by atoms with E-state index >= 15 is 0 Å². The number of benzene rings is 1. The van der Waals surface area contributed by atoms with Gasteiger partial charge in [0.2, 0.25) is 0 Å². The highest BCUT2D eigenvalue weighted by Crippen LogP contribution is 2.19. The van der Waals surface area contributed by atoms with Crippen LogP contribution in [-0.2, 0) is 17.3 Å². The van der Waals surface area contributed by atoms with E-state index < -0.39 is 10.8 Å². The van der Waals surface area contributed by atoms with Gasteiger partial charge in [0.1, 0.15) is 0 Å². The zero-order valence-electron chi connectivity index (χ0n) is 9.42. The van der Waals surface area contributed by atoms with E-state index in [2.05, 4.69) is 5.32 Å². The van der Waals surface area contributed by atoms with Gasteiger partial charge in [-0.15, -0.1) is 0 Å². The van der Waals surface area contributed by atoms with Gasteiger partial charge in [0.25, 0.3) is 0 Å². The molecule has 1 aromatic carbocycles. The molecule has 2 nitrogen and oxygen atoms in total. The molecule has 0 spiro atoms. The molecule has 0 aromatic heterocycles. The molecule has 1 saturated heterocycles. The van der Waals surface area contributed by atoms with Gasteiger partial charge in [-0.2, -0.15) is 0 Å². The van der Waals surface area contributed by atoms with Crippen LogP contribution in [0.15, 0.2) is 18.2 Å². The Balaban J connectivity index is 1.87. The zero-order chi connectivity index (χ0) is 12.3. The minimum atomic E-state index is -0.599. The highest BCUT2D eigenvalue weighted by Gasteiger charge is 2.16. The van der Waals surface area contributed by atoms with Crippen LogP contribution < -0.4 is 5.32 Å².